The molecule has 0 radical (unpaired) electrons. The van der Waals surface area contributed by atoms with E-state index in [1.807, 2.05) is 0 Å². The molecule has 0 bridgehead atoms. The number of anilines is 2. The van der Waals surface area contributed by atoms with Gasteiger partial charge in [0.15, 0.2) is 5.82 Å². The van der Waals surface area contributed by atoms with Crippen LogP contribution in [0.25, 0.3) is 10.2 Å². The number of nitrogens with two attached hydrogens (primary N) is 2. The Morgan fingerprint density at radius 2 is 2.11 bits per heavy atom. The van der Waals surface area contributed by atoms with Gasteiger partial charge in [-0.05, 0) is 30.7 Å². The molecule has 6 N–H and O–H groups in total. The zero-order valence-corrected chi connectivity index (χ0v) is 11.0. The minimum Gasteiger partial charge on any atom is -0.308 e. The molecule has 0 aromatic carbocycles. The zero-order chi connectivity index (χ0) is 12.7. The van der Waals surface area contributed by atoms with E-state index in [9.17, 15) is 0 Å². The highest BCUT2D eigenvalue weighted by Crippen LogP contribution is 2.40. The predicted octanol–water partition coefficient (Wildman–Crippen LogP) is 1.39. The summed E-state index contributed by atoms with van der Waals surface area (Å²) < 4.78 is 0. The average molecular weight is 264 g/mol. The van der Waals surface area contributed by atoms with Gasteiger partial charge in [-0.25, -0.2) is 16.7 Å². The largest absolute Gasteiger partial charge is 0.308 e. The number of fused-ring (bicyclic) bond motifs is 3. The summed E-state index contributed by atoms with van der Waals surface area (Å²) in [7, 11) is 0. The summed E-state index contributed by atoms with van der Waals surface area (Å²) in [4.78, 5) is 11.0. The highest BCUT2D eigenvalue weighted by molar-refractivity contribution is 7.19. The SMILES string of the molecule is C[C@@H]1CCc2c(sc3nc(NN)nc(NN)c23)C1. The van der Waals surface area contributed by atoms with E-state index in [1.165, 1.54) is 16.9 Å². The Morgan fingerprint density at radius 3 is 2.83 bits per heavy atom. The van der Waals surface area contributed by atoms with Crippen molar-refractivity contribution in [1.29, 1.82) is 0 Å². The number of hydrogen-bond acceptors (Lipinski definition) is 7. The molecule has 7 heteroatoms. The van der Waals surface area contributed by atoms with Crippen LogP contribution in [0.2, 0.25) is 0 Å². The summed E-state index contributed by atoms with van der Waals surface area (Å²) in [6, 6.07) is 0. The van der Waals surface area contributed by atoms with E-state index < -0.39 is 0 Å². The van der Waals surface area contributed by atoms with Gasteiger partial charge in [0, 0.05) is 4.88 Å². The lowest BCUT2D eigenvalue weighted by atomic mass is 9.89. The zero-order valence-electron chi connectivity index (χ0n) is 10.2. The van der Waals surface area contributed by atoms with Crippen LogP contribution >= 0.6 is 11.3 Å². The second-order valence-electron chi connectivity index (χ2n) is 4.72. The van der Waals surface area contributed by atoms with Gasteiger partial charge in [-0.1, -0.05) is 6.92 Å². The van der Waals surface area contributed by atoms with E-state index in [2.05, 4.69) is 27.7 Å². The standard InChI is InChI=1S/C11H16N6S/c1-5-2-3-6-7(4-5)18-10-8(6)9(16-12)14-11(15-10)17-13/h5H,2-4,12-13H2,1H3,(H2,14,15,16,17)/t5-/m1/s1. The normalized spacial score (nSPS) is 18.7. The first-order valence-corrected chi connectivity index (χ1v) is 6.80. The van der Waals surface area contributed by atoms with Gasteiger partial charge in [-0.2, -0.15) is 4.98 Å². The Bertz CT molecular complexity index is 593. The van der Waals surface area contributed by atoms with Gasteiger partial charge >= 0.3 is 0 Å². The number of rotatable bonds is 2. The van der Waals surface area contributed by atoms with Crippen molar-refractivity contribution >= 4 is 33.3 Å². The Kier molecular flexibility index (Phi) is 2.81. The summed E-state index contributed by atoms with van der Waals surface area (Å²) >= 11 is 1.72. The van der Waals surface area contributed by atoms with Gasteiger partial charge < -0.3 is 5.43 Å². The number of aryl methyl sites for hydroxylation is 1. The molecule has 18 heavy (non-hydrogen) atoms. The van der Waals surface area contributed by atoms with Crippen LogP contribution in [0.5, 0.6) is 0 Å². The molecular weight excluding hydrogens is 248 g/mol. The second-order valence-corrected chi connectivity index (χ2v) is 5.80. The smallest absolute Gasteiger partial charge is 0.240 e. The molecule has 0 saturated carbocycles. The fourth-order valence-electron chi connectivity index (χ4n) is 2.51. The molecule has 0 spiro atoms. The van der Waals surface area contributed by atoms with Crippen LogP contribution in [0.1, 0.15) is 23.8 Å². The number of nitrogen functional groups attached to an aromatic ring is 2. The van der Waals surface area contributed by atoms with Crippen LogP contribution in [0.4, 0.5) is 11.8 Å². The molecule has 3 rings (SSSR count). The molecule has 6 nitrogen and oxygen atoms in total. The quantitative estimate of drug-likeness (QED) is 0.483. The number of hydrogen-bond donors (Lipinski definition) is 4. The van der Waals surface area contributed by atoms with E-state index in [0.717, 1.165) is 29.0 Å². The lowest BCUT2D eigenvalue weighted by molar-refractivity contribution is 0.509. The number of nitrogens with zero attached hydrogens (tertiary/aromatic N) is 2. The van der Waals surface area contributed by atoms with Gasteiger partial charge in [-0.15, -0.1) is 11.3 Å². The molecule has 0 saturated heterocycles. The van der Waals surface area contributed by atoms with Crippen LogP contribution in [-0.2, 0) is 12.8 Å². The van der Waals surface area contributed by atoms with Gasteiger partial charge in [0.05, 0.1) is 5.39 Å². The van der Waals surface area contributed by atoms with Crippen molar-refractivity contribution < 1.29 is 0 Å². The first-order chi connectivity index (χ1) is 8.72. The van der Waals surface area contributed by atoms with E-state index in [1.54, 1.807) is 11.3 Å². The highest BCUT2D eigenvalue weighted by Gasteiger charge is 2.23. The van der Waals surface area contributed by atoms with Crippen molar-refractivity contribution in [3.63, 3.8) is 0 Å². The first-order valence-electron chi connectivity index (χ1n) is 5.98. The molecule has 96 valence electrons. The molecule has 2 aromatic heterocycles. The Balaban J connectivity index is 2.24. The second kappa shape index (κ2) is 4.34. The summed E-state index contributed by atoms with van der Waals surface area (Å²) in [6.45, 7) is 2.29. The number of nitrogens with one attached hydrogen (secondary N) is 2. The van der Waals surface area contributed by atoms with Gasteiger partial charge in [0.25, 0.3) is 0 Å². The molecule has 1 aliphatic rings. The summed E-state index contributed by atoms with van der Waals surface area (Å²) in [5.74, 6) is 12.7. The average Bonchev–Trinajstić information content (AvgIpc) is 2.74. The van der Waals surface area contributed by atoms with E-state index in [-0.39, 0.29) is 0 Å². The first kappa shape index (κ1) is 11.6. The van der Waals surface area contributed by atoms with Crippen molar-refractivity contribution in [1.82, 2.24) is 9.97 Å². The number of aromatic nitrogens is 2. The fraction of sp³-hybridized carbons (Fsp3) is 0.455. The fourth-order valence-corrected chi connectivity index (χ4v) is 3.89. The number of thiophene rings is 1. The lowest BCUT2D eigenvalue weighted by Crippen LogP contribution is -2.15. The molecule has 0 amide bonds. The van der Waals surface area contributed by atoms with Crippen molar-refractivity contribution in [3.8, 4) is 0 Å². The molecular formula is C11H16N6S. The van der Waals surface area contributed by atoms with Crippen LogP contribution in [-0.4, -0.2) is 9.97 Å². The van der Waals surface area contributed by atoms with E-state index in [4.69, 9.17) is 11.7 Å². The Hall–Kier alpha value is -1.44. The van der Waals surface area contributed by atoms with Crippen molar-refractivity contribution in [2.75, 3.05) is 10.9 Å². The number of hydrazine groups is 2. The van der Waals surface area contributed by atoms with Crippen LogP contribution in [0.3, 0.4) is 0 Å². The molecule has 1 aliphatic carbocycles. The van der Waals surface area contributed by atoms with Crippen LogP contribution < -0.4 is 22.5 Å². The lowest BCUT2D eigenvalue weighted by Gasteiger charge is -2.18. The molecule has 2 heterocycles. The van der Waals surface area contributed by atoms with E-state index >= 15 is 0 Å². The minimum atomic E-state index is 0.391. The summed E-state index contributed by atoms with van der Waals surface area (Å²) in [5, 5.41) is 1.06. The monoisotopic (exact) mass is 264 g/mol. The molecule has 1 atom stereocenters. The predicted molar refractivity (Wildman–Crippen MR) is 74.2 cm³/mol. The molecule has 0 fully saturated rings. The minimum absolute atomic E-state index is 0.391. The maximum atomic E-state index is 5.55. The maximum absolute atomic E-state index is 5.55. The van der Waals surface area contributed by atoms with Crippen LogP contribution in [0.15, 0.2) is 0 Å². The maximum Gasteiger partial charge on any atom is 0.240 e. The van der Waals surface area contributed by atoms with Gasteiger partial charge in [0.1, 0.15) is 4.83 Å². The van der Waals surface area contributed by atoms with Crippen molar-refractivity contribution in [3.05, 3.63) is 10.4 Å². The summed E-state index contributed by atoms with van der Waals surface area (Å²) in [6.07, 6.45) is 3.40. The third-order valence-electron chi connectivity index (χ3n) is 3.42. The molecule has 2 aromatic rings. The topological polar surface area (TPSA) is 102 Å². The third-order valence-corrected chi connectivity index (χ3v) is 4.57. The Morgan fingerprint density at radius 1 is 1.28 bits per heavy atom. The van der Waals surface area contributed by atoms with Crippen molar-refractivity contribution in [2.24, 2.45) is 17.6 Å². The van der Waals surface area contributed by atoms with Gasteiger partial charge in [0.2, 0.25) is 5.95 Å². The highest BCUT2D eigenvalue weighted by atomic mass is 32.1. The van der Waals surface area contributed by atoms with Gasteiger partial charge in [-0.3, -0.25) is 5.43 Å². The third kappa shape index (κ3) is 1.71. The Labute approximate surface area is 109 Å². The van der Waals surface area contributed by atoms with E-state index in [0.29, 0.717) is 11.8 Å². The molecule has 0 unspecified atom stereocenters. The molecule has 0 aliphatic heterocycles. The van der Waals surface area contributed by atoms with Crippen molar-refractivity contribution in [2.45, 2.75) is 26.2 Å². The van der Waals surface area contributed by atoms with Crippen LogP contribution in [0, 0.1) is 5.92 Å². The summed E-state index contributed by atoms with van der Waals surface area (Å²) in [5.41, 5.74) is 6.48.